The van der Waals surface area contributed by atoms with Crippen molar-refractivity contribution in [3.63, 3.8) is 0 Å². The molecule has 5 aromatic carbocycles. The van der Waals surface area contributed by atoms with E-state index in [0.717, 1.165) is 67.1 Å². The van der Waals surface area contributed by atoms with Crippen LogP contribution < -0.4 is 0 Å². The number of fused-ring (bicyclic) bond motifs is 2. The lowest BCUT2D eigenvalue weighted by atomic mass is 9.99. The molecule has 4 nitrogen and oxygen atoms in total. The van der Waals surface area contributed by atoms with Gasteiger partial charge in [-0.25, -0.2) is 19.9 Å². The fraction of sp³-hybridized carbons (Fsp3) is 0.0556. The lowest BCUT2D eigenvalue weighted by Crippen LogP contribution is -1.97. The van der Waals surface area contributed by atoms with Crippen LogP contribution in [0.3, 0.4) is 0 Å². The minimum Gasteiger partial charge on any atom is -0.244 e. The number of aryl methyl sites for hydroxylation is 2. The van der Waals surface area contributed by atoms with Crippen molar-refractivity contribution in [3.8, 4) is 45.0 Å². The maximum Gasteiger partial charge on any atom is 0.0973 e. The van der Waals surface area contributed by atoms with Crippen LogP contribution in [0.4, 0.5) is 0 Å². The van der Waals surface area contributed by atoms with Gasteiger partial charge in [0, 0.05) is 22.3 Å². The summed E-state index contributed by atoms with van der Waals surface area (Å²) in [5.74, 6) is 0. The molecule has 0 N–H and O–H groups in total. The SMILES string of the molecule is Cc1ccc2nc(-c3ccc(-c4nc5ccc(C)cc5nc4-c4ccccc4)cc3)c(-c3ccccc3)nc2c1. The van der Waals surface area contributed by atoms with E-state index >= 15 is 0 Å². The molecule has 0 spiro atoms. The third kappa shape index (κ3) is 4.40. The molecule has 190 valence electrons. The molecular weight excluding hydrogens is 488 g/mol. The van der Waals surface area contributed by atoms with Crippen LogP contribution in [0, 0.1) is 13.8 Å². The van der Waals surface area contributed by atoms with Crippen molar-refractivity contribution in [2.45, 2.75) is 13.8 Å². The van der Waals surface area contributed by atoms with E-state index in [9.17, 15) is 0 Å². The largest absolute Gasteiger partial charge is 0.244 e. The van der Waals surface area contributed by atoms with Gasteiger partial charge in [-0.3, -0.25) is 0 Å². The molecule has 2 aromatic heterocycles. The van der Waals surface area contributed by atoms with Gasteiger partial charge in [-0.15, -0.1) is 0 Å². The van der Waals surface area contributed by atoms with Crippen LogP contribution in [0.1, 0.15) is 11.1 Å². The standard InChI is InChI=1S/C36H26N4/c1-23-13-19-29-31(21-23)39-33(25-9-5-3-6-10-25)35(37-29)27-15-17-28(18-16-27)36-34(26-11-7-4-8-12-26)40-32-22-24(2)14-20-30(32)38-36/h3-22H,1-2H3. The first-order valence-corrected chi connectivity index (χ1v) is 13.4. The highest BCUT2D eigenvalue weighted by Crippen LogP contribution is 2.35. The van der Waals surface area contributed by atoms with Crippen molar-refractivity contribution >= 4 is 22.1 Å². The monoisotopic (exact) mass is 514 g/mol. The number of nitrogens with zero attached hydrogens (tertiary/aromatic N) is 4. The molecule has 0 aliphatic carbocycles. The Labute approximate surface area is 233 Å². The van der Waals surface area contributed by atoms with E-state index in [0.29, 0.717) is 0 Å². The second kappa shape index (κ2) is 9.83. The summed E-state index contributed by atoms with van der Waals surface area (Å²) in [6, 6.07) is 41.4. The fourth-order valence-corrected chi connectivity index (χ4v) is 5.11. The first-order chi connectivity index (χ1) is 19.6. The van der Waals surface area contributed by atoms with E-state index in [1.807, 2.05) is 48.5 Å². The molecule has 2 heterocycles. The van der Waals surface area contributed by atoms with E-state index in [1.54, 1.807) is 0 Å². The zero-order valence-electron chi connectivity index (χ0n) is 22.3. The first-order valence-electron chi connectivity index (χ1n) is 13.4. The van der Waals surface area contributed by atoms with Gasteiger partial charge < -0.3 is 0 Å². The average Bonchev–Trinajstić information content (AvgIpc) is 3.00. The Bertz CT molecular complexity index is 1850. The third-order valence-electron chi connectivity index (χ3n) is 7.17. The number of rotatable bonds is 4. The predicted octanol–water partition coefficient (Wildman–Crippen LogP) is 8.86. The van der Waals surface area contributed by atoms with Crippen molar-refractivity contribution in [2.75, 3.05) is 0 Å². The third-order valence-corrected chi connectivity index (χ3v) is 7.17. The molecule has 0 bridgehead atoms. The summed E-state index contributed by atoms with van der Waals surface area (Å²) in [7, 11) is 0. The van der Waals surface area contributed by atoms with Crippen LogP contribution in [0.5, 0.6) is 0 Å². The molecule has 0 saturated heterocycles. The second-order valence-corrected chi connectivity index (χ2v) is 10.1. The van der Waals surface area contributed by atoms with Gasteiger partial charge in [0.1, 0.15) is 0 Å². The number of aromatic nitrogens is 4. The molecule has 0 saturated carbocycles. The molecule has 4 heteroatoms. The Morgan fingerprint density at radius 3 is 1.02 bits per heavy atom. The Hall–Kier alpha value is -5.22. The maximum atomic E-state index is 5.09. The Morgan fingerprint density at radius 2 is 0.650 bits per heavy atom. The molecule has 7 rings (SSSR count). The lowest BCUT2D eigenvalue weighted by Gasteiger charge is -2.13. The van der Waals surface area contributed by atoms with Gasteiger partial charge in [-0.05, 0) is 49.2 Å². The summed E-state index contributed by atoms with van der Waals surface area (Å²) >= 11 is 0. The summed E-state index contributed by atoms with van der Waals surface area (Å²) in [6.45, 7) is 4.16. The van der Waals surface area contributed by atoms with Crippen LogP contribution in [0.15, 0.2) is 121 Å². The van der Waals surface area contributed by atoms with Gasteiger partial charge in [0.15, 0.2) is 0 Å². The van der Waals surface area contributed by atoms with Crippen molar-refractivity contribution < 1.29 is 0 Å². The summed E-state index contributed by atoms with van der Waals surface area (Å²) in [5.41, 5.74) is 13.4. The van der Waals surface area contributed by atoms with Crippen molar-refractivity contribution in [1.82, 2.24) is 19.9 Å². The van der Waals surface area contributed by atoms with Gasteiger partial charge in [0.25, 0.3) is 0 Å². The molecule has 7 aromatic rings. The van der Waals surface area contributed by atoms with Gasteiger partial charge in [0.05, 0.1) is 44.8 Å². The fourth-order valence-electron chi connectivity index (χ4n) is 5.11. The van der Waals surface area contributed by atoms with E-state index in [4.69, 9.17) is 19.9 Å². The predicted molar refractivity (Wildman–Crippen MR) is 164 cm³/mol. The minimum absolute atomic E-state index is 0.859. The van der Waals surface area contributed by atoms with Crippen LogP contribution in [0.25, 0.3) is 67.1 Å². The zero-order chi connectivity index (χ0) is 27.1. The molecule has 0 unspecified atom stereocenters. The van der Waals surface area contributed by atoms with E-state index in [1.165, 1.54) is 11.1 Å². The summed E-state index contributed by atoms with van der Waals surface area (Å²) < 4.78 is 0. The molecule has 0 aliphatic rings. The maximum absolute atomic E-state index is 5.09. The first kappa shape index (κ1) is 23.9. The highest BCUT2D eigenvalue weighted by molar-refractivity contribution is 5.89. The molecular formula is C36H26N4. The van der Waals surface area contributed by atoms with Crippen molar-refractivity contribution in [1.29, 1.82) is 0 Å². The number of benzene rings is 5. The van der Waals surface area contributed by atoms with E-state index in [-0.39, 0.29) is 0 Å². The average molecular weight is 515 g/mol. The topological polar surface area (TPSA) is 51.6 Å². The summed E-state index contributed by atoms with van der Waals surface area (Å²) in [5, 5.41) is 0. The number of hydrogen-bond donors (Lipinski definition) is 0. The van der Waals surface area contributed by atoms with E-state index in [2.05, 4.69) is 86.6 Å². The van der Waals surface area contributed by atoms with Gasteiger partial charge >= 0.3 is 0 Å². The molecule has 0 radical (unpaired) electrons. The van der Waals surface area contributed by atoms with Gasteiger partial charge in [-0.2, -0.15) is 0 Å². The summed E-state index contributed by atoms with van der Waals surface area (Å²) in [6.07, 6.45) is 0. The molecule has 0 atom stereocenters. The smallest absolute Gasteiger partial charge is 0.0973 e. The van der Waals surface area contributed by atoms with Crippen LogP contribution in [-0.4, -0.2) is 19.9 Å². The van der Waals surface area contributed by atoms with Gasteiger partial charge in [0.2, 0.25) is 0 Å². The molecule has 0 aliphatic heterocycles. The highest BCUT2D eigenvalue weighted by Gasteiger charge is 2.16. The second-order valence-electron chi connectivity index (χ2n) is 10.1. The number of hydrogen-bond acceptors (Lipinski definition) is 4. The highest BCUT2D eigenvalue weighted by atomic mass is 14.8. The van der Waals surface area contributed by atoms with Crippen LogP contribution >= 0.6 is 0 Å². The Balaban J connectivity index is 1.39. The Morgan fingerprint density at radius 1 is 0.325 bits per heavy atom. The minimum atomic E-state index is 0.859. The van der Waals surface area contributed by atoms with Gasteiger partial charge in [-0.1, -0.05) is 97.1 Å². The zero-order valence-corrected chi connectivity index (χ0v) is 22.3. The van der Waals surface area contributed by atoms with Crippen molar-refractivity contribution in [3.05, 3.63) is 132 Å². The van der Waals surface area contributed by atoms with Crippen LogP contribution in [0.2, 0.25) is 0 Å². The normalized spacial score (nSPS) is 11.2. The van der Waals surface area contributed by atoms with Crippen molar-refractivity contribution in [2.24, 2.45) is 0 Å². The lowest BCUT2D eigenvalue weighted by molar-refractivity contribution is 1.27. The molecule has 0 fully saturated rings. The quantitative estimate of drug-likeness (QED) is 0.235. The van der Waals surface area contributed by atoms with Crippen LogP contribution in [-0.2, 0) is 0 Å². The molecule has 40 heavy (non-hydrogen) atoms. The molecule has 0 amide bonds. The Kier molecular flexibility index (Phi) is 5.86. The van der Waals surface area contributed by atoms with E-state index < -0.39 is 0 Å². The summed E-state index contributed by atoms with van der Waals surface area (Å²) in [4.78, 5) is 20.3.